The van der Waals surface area contributed by atoms with Gasteiger partial charge in [-0.05, 0) is 39.3 Å². The zero-order valence-corrected chi connectivity index (χ0v) is 18.7. The first-order chi connectivity index (χ1) is 11.3. The Balaban J connectivity index is -0.000000480. The maximum absolute atomic E-state index is 11.3. The molecule has 0 amide bonds. The van der Waals surface area contributed by atoms with Gasteiger partial charge in [-0.2, -0.15) is 0 Å². The lowest BCUT2D eigenvalue weighted by Gasteiger charge is -2.37. The second-order valence-electron chi connectivity index (χ2n) is 6.77. The smallest absolute Gasteiger partial charge is 0.435 e. The van der Waals surface area contributed by atoms with Crippen LogP contribution in [0.1, 0.15) is 29.7 Å². The second kappa shape index (κ2) is 16.4. The molecule has 0 heterocycles. The van der Waals surface area contributed by atoms with Crippen molar-refractivity contribution in [3.8, 4) is 0 Å². The fourth-order valence-electron chi connectivity index (χ4n) is 2.08. The molecule has 176 valence electrons. The molecule has 0 aliphatic rings. The Kier molecular flexibility index (Phi) is 21.6. The molecule has 11 heteroatoms. The van der Waals surface area contributed by atoms with Crippen molar-refractivity contribution in [2.24, 2.45) is 0 Å². The molecule has 0 saturated carbocycles. The summed E-state index contributed by atoms with van der Waals surface area (Å²) < 4.78 is 31.4. The lowest BCUT2D eigenvalue weighted by molar-refractivity contribution is 0.0948. The fraction of sp³-hybridized carbons (Fsp3) is 0.667. The molecule has 0 aliphatic heterocycles. The molecule has 0 fully saturated rings. The highest BCUT2D eigenvalue weighted by molar-refractivity contribution is 6.87. The van der Waals surface area contributed by atoms with Crippen LogP contribution in [0.5, 0.6) is 0 Å². The minimum absolute atomic E-state index is 0. The quantitative estimate of drug-likeness (QED) is 0.206. The van der Waals surface area contributed by atoms with E-state index >= 15 is 0 Å². The molecule has 0 rings (SSSR count). The van der Waals surface area contributed by atoms with E-state index < -0.39 is 37.5 Å². The Bertz CT molecular complexity index is 451. The fourth-order valence-corrected chi connectivity index (χ4v) is 14.7. The van der Waals surface area contributed by atoms with Crippen LogP contribution in [0.25, 0.3) is 0 Å². The normalized spacial score (nSPS) is 10.4. The van der Waals surface area contributed by atoms with Gasteiger partial charge in [0.05, 0.1) is 12.5 Å². The SMILES string of the molecule is C.C.C.C.C=COC(=O)OC[Si](C)(C)O[Si](C)(C)O[Si](C)(C)COC(=O)OC=C. The van der Waals surface area contributed by atoms with Gasteiger partial charge in [-0.1, -0.05) is 42.9 Å². The minimum atomic E-state index is -2.54. The first-order valence-corrected chi connectivity index (χ1v) is 16.7. The Morgan fingerprint density at radius 1 is 0.690 bits per heavy atom. The third-order valence-corrected chi connectivity index (χ3v) is 12.5. The molecule has 0 aliphatic carbocycles. The van der Waals surface area contributed by atoms with E-state index in [1.807, 2.05) is 39.3 Å². The summed E-state index contributed by atoms with van der Waals surface area (Å²) in [5.41, 5.74) is 0. The highest BCUT2D eigenvalue weighted by atomic mass is 28.5. The van der Waals surface area contributed by atoms with Gasteiger partial charge in [-0.15, -0.1) is 0 Å². The molecule has 0 N–H and O–H groups in total. The highest BCUT2D eigenvalue weighted by Crippen LogP contribution is 2.21. The van der Waals surface area contributed by atoms with Crippen molar-refractivity contribution in [2.75, 3.05) is 12.5 Å². The van der Waals surface area contributed by atoms with E-state index in [1.54, 1.807) is 0 Å². The van der Waals surface area contributed by atoms with Gasteiger partial charge in [0, 0.05) is 0 Å². The number of rotatable bonds is 10. The summed E-state index contributed by atoms with van der Waals surface area (Å²) in [6, 6.07) is 0. The molecule has 0 aromatic heterocycles. The third kappa shape index (κ3) is 19.7. The van der Waals surface area contributed by atoms with Crippen LogP contribution in [0.4, 0.5) is 9.59 Å². The van der Waals surface area contributed by atoms with Gasteiger partial charge >= 0.3 is 20.9 Å². The van der Waals surface area contributed by atoms with Crippen LogP contribution in [0.3, 0.4) is 0 Å². The molecule has 0 bridgehead atoms. The standard InChI is InChI=1S/C14H28O8Si3.4CH4/c1-9-17-13(15)19-11-23(3,4)21-25(7,8)22-24(5,6)12-20-14(16)18-10-2;;;;/h9-10H,1-2,11-12H2,3-8H3;4*1H4. The van der Waals surface area contributed by atoms with E-state index in [2.05, 4.69) is 22.6 Å². The van der Waals surface area contributed by atoms with Crippen molar-refractivity contribution >= 4 is 37.5 Å². The number of hydrogen-bond acceptors (Lipinski definition) is 8. The summed E-state index contributed by atoms with van der Waals surface area (Å²) in [6.45, 7) is 18.0. The van der Waals surface area contributed by atoms with E-state index in [0.717, 1.165) is 12.5 Å². The number of ether oxygens (including phenoxy) is 4. The predicted octanol–water partition coefficient (Wildman–Crippen LogP) is 6.35. The molecule has 8 nitrogen and oxygen atoms in total. The Labute approximate surface area is 181 Å². The van der Waals surface area contributed by atoms with Crippen LogP contribution >= 0.6 is 0 Å². The van der Waals surface area contributed by atoms with Crippen LogP contribution in [0.2, 0.25) is 39.3 Å². The molecule has 0 aromatic carbocycles. The highest BCUT2D eigenvalue weighted by Gasteiger charge is 2.41. The Morgan fingerprint density at radius 2 is 0.966 bits per heavy atom. The van der Waals surface area contributed by atoms with Crippen molar-refractivity contribution in [3.63, 3.8) is 0 Å². The second-order valence-corrected chi connectivity index (χ2v) is 18.8. The predicted molar refractivity (Wildman–Crippen MR) is 127 cm³/mol. The number of hydrogen-bond donors (Lipinski definition) is 0. The van der Waals surface area contributed by atoms with Gasteiger partial charge in [-0.3, -0.25) is 0 Å². The van der Waals surface area contributed by atoms with E-state index in [9.17, 15) is 9.59 Å². The van der Waals surface area contributed by atoms with Gasteiger partial charge < -0.3 is 27.2 Å². The van der Waals surface area contributed by atoms with Gasteiger partial charge in [0.25, 0.3) is 0 Å². The molecule has 0 unspecified atom stereocenters. The first-order valence-electron chi connectivity index (χ1n) is 7.61. The summed E-state index contributed by atoms with van der Waals surface area (Å²) in [5.74, 6) is 0. The van der Waals surface area contributed by atoms with Crippen molar-refractivity contribution < 1.29 is 36.8 Å². The van der Waals surface area contributed by atoms with E-state index in [0.29, 0.717) is 0 Å². The number of carbonyl (C=O) groups is 2. The molecule has 0 saturated heterocycles. The van der Waals surface area contributed by atoms with Crippen LogP contribution in [0, 0.1) is 0 Å². The maximum atomic E-state index is 11.3. The van der Waals surface area contributed by atoms with Crippen molar-refractivity contribution in [1.82, 2.24) is 0 Å². The average molecular weight is 473 g/mol. The zero-order valence-electron chi connectivity index (χ0n) is 15.7. The van der Waals surface area contributed by atoms with E-state index in [1.165, 1.54) is 0 Å². The van der Waals surface area contributed by atoms with Crippen molar-refractivity contribution in [2.45, 2.75) is 69.0 Å². The zero-order chi connectivity index (χ0) is 19.7. The topological polar surface area (TPSA) is 89.5 Å². The van der Waals surface area contributed by atoms with Crippen LogP contribution in [0.15, 0.2) is 25.7 Å². The molecule has 0 atom stereocenters. The third-order valence-electron chi connectivity index (χ3n) is 2.48. The minimum Gasteiger partial charge on any atom is -0.435 e. The summed E-state index contributed by atoms with van der Waals surface area (Å²) in [5, 5.41) is 0. The van der Waals surface area contributed by atoms with Crippen LogP contribution in [-0.2, 0) is 27.2 Å². The first kappa shape index (κ1) is 38.2. The Morgan fingerprint density at radius 3 is 1.21 bits per heavy atom. The lowest BCUT2D eigenvalue weighted by Crippen LogP contribution is -2.55. The number of carbonyl (C=O) groups excluding carboxylic acids is 2. The van der Waals surface area contributed by atoms with Gasteiger partial charge in [0.15, 0.2) is 0 Å². The lowest BCUT2D eigenvalue weighted by atomic mass is 11.1. The summed E-state index contributed by atoms with van der Waals surface area (Å²) >= 11 is 0. The monoisotopic (exact) mass is 472 g/mol. The average Bonchev–Trinajstić information content (AvgIpc) is 2.41. The molecule has 0 aromatic rings. The molecular weight excluding hydrogens is 428 g/mol. The molecule has 0 radical (unpaired) electrons. The molecule has 0 spiro atoms. The van der Waals surface area contributed by atoms with Gasteiger partial charge in [-0.25, -0.2) is 9.59 Å². The Hall–Kier alpha value is -1.41. The van der Waals surface area contributed by atoms with Gasteiger partial charge in [0.1, 0.15) is 12.5 Å². The molecular formula is C18H44O8Si3. The van der Waals surface area contributed by atoms with Gasteiger partial charge in [0.2, 0.25) is 16.6 Å². The van der Waals surface area contributed by atoms with Crippen LogP contribution < -0.4 is 0 Å². The van der Waals surface area contributed by atoms with Crippen molar-refractivity contribution in [1.29, 1.82) is 0 Å². The van der Waals surface area contributed by atoms with E-state index in [-0.39, 0.29) is 42.2 Å². The van der Waals surface area contributed by atoms with Crippen molar-refractivity contribution in [3.05, 3.63) is 25.7 Å². The maximum Gasteiger partial charge on any atom is 0.513 e. The van der Waals surface area contributed by atoms with E-state index in [4.69, 9.17) is 17.7 Å². The summed E-state index contributed by atoms with van der Waals surface area (Å²) in [4.78, 5) is 22.5. The molecule has 29 heavy (non-hydrogen) atoms. The van der Waals surface area contributed by atoms with Crippen LogP contribution in [-0.4, -0.2) is 50.0 Å². The largest absolute Gasteiger partial charge is 0.513 e. The summed E-state index contributed by atoms with van der Waals surface area (Å²) in [6.07, 6.45) is 0.635. The summed E-state index contributed by atoms with van der Waals surface area (Å²) in [7, 11) is -7.20.